The molecule has 6 heteroatoms. The van der Waals surface area contributed by atoms with E-state index in [1.165, 1.54) is 48.8 Å². The molecular weight excluding hydrogens is 496 g/mol. The summed E-state index contributed by atoms with van der Waals surface area (Å²) in [4.78, 5) is 24.8. The first-order valence-electron chi connectivity index (χ1n) is 15.0. The van der Waals surface area contributed by atoms with Gasteiger partial charge >= 0.3 is 0 Å². The number of benzene rings is 2. The number of nitrogens with zero attached hydrogens (tertiary/aromatic N) is 4. The first-order chi connectivity index (χ1) is 19.7. The minimum absolute atomic E-state index is 0.0400. The van der Waals surface area contributed by atoms with E-state index in [1.807, 2.05) is 17.3 Å². The lowest BCUT2D eigenvalue weighted by molar-refractivity contribution is -0.122. The average Bonchev–Trinajstić information content (AvgIpc) is 2.99. The molecule has 2 aliphatic rings. The Labute approximate surface area is 240 Å². The second-order valence-electron chi connectivity index (χ2n) is 11.3. The molecule has 0 unspecified atom stereocenters. The van der Waals surface area contributed by atoms with Gasteiger partial charge in [-0.05, 0) is 91.8 Å². The van der Waals surface area contributed by atoms with Gasteiger partial charge in [-0.3, -0.25) is 19.6 Å². The maximum Gasteiger partial charge on any atom is 0.252 e. The van der Waals surface area contributed by atoms with E-state index in [2.05, 4.69) is 75.4 Å². The molecule has 6 nitrogen and oxygen atoms in total. The number of hydrogen-bond donors (Lipinski definition) is 0. The van der Waals surface area contributed by atoms with E-state index in [0.717, 1.165) is 63.4 Å². The summed E-state index contributed by atoms with van der Waals surface area (Å²) in [5, 5.41) is 0. The van der Waals surface area contributed by atoms with Gasteiger partial charge in [0.2, 0.25) is 0 Å². The summed E-state index contributed by atoms with van der Waals surface area (Å²) >= 11 is 0. The van der Waals surface area contributed by atoms with E-state index in [4.69, 9.17) is 4.74 Å². The molecule has 1 amide bonds. The Morgan fingerprint density at radius 1 is 0.850 bits per heavy atom. The second kappa shape index (κ2) is 14.5. The van der Waals surface area contributed by atoms with Crippen LogP contribution in [-0.4, -0.2) is 66.6 Å². The first-order valence-corrected chi connectivity index (χ1v) is 15.0. The highest BCUT2D eigenvalue weighted by Crippen LogP contribution is 2.31. The van der Waals surface area contributed by atoms with Crippen molar-refractivity contribution in [3.05, 3.63) is 84.2 Å². The van der Waals surface area contributed by atoms with Crippen LogP contribution in [0.25, 0.3) is 11.1 Å². The van der Waals surface area contributed by atoms with Crippen molar-refractivity contribution in [3.8, 4) is 11.1 Å². The van der Waals surface area contributed by atoms with E-state index in [0.29, 0.717) is 6.04 Å². The van der Waals surface area contributed by atoms with Gasteiger partial charge in [-0.1, -0.05) is 55.7 Å². The predicted octanol–water partition coefficient (Wildman–Crippen LogP) is 6.16. The fourth-order valence-corrected chi connectivity index (χ4v) is 6.29. The highest BCUT2D eigenvalue weighted by atomic mass is 16.5. The van der Waals surface area contributed by atoms with Gasteiger partial charge in [0, 0.05) is 50.9 Å². The van der Waals surface area contributed by atoms with Crippen LogP contribution in [-0.2, 0) is 22.6 Å². The highest BCUT2D eigenvalue weighted by molar-refractivity contribution is 5.95. The van der Waals surface area contributed by atoms with E-state index in [1.54, 1.807) is 7.11 Å². The van der Waals surface area contributed by atoms with Crippen molar-refractivity contribution in [3.63, 3.8) is 0 Å². The summed E-state index contributed by atoms with van der Waals surface area (Å²) in [6, 6.07) is 22.1. The largest absolute Gasteiger partial charge is 0.375 e. The molecule has 40 heavy (non-hydrogen) atoms. The molecule has 2 aliphatic heterocycles. The molecule has 1 fully saturated rings. The van der Waals surface area contributed by atoms with Gasteiger partial charge in [-0.15, -0.1) is 0 Å². The Kier molecular flexibility index (Phi) is 10.3. The number of aromatic nitrogens is 1. The molecule has 5 rings (SSSR count). The van der Waals surface area contributed by atoms with Gasteiger partial charge in [0.05, 0.1) is 0 Å². The van der Waals surface area contributed by atoms with Crippen LogP contribution in [0, 0.1) is 0 Å². The molecule has 0 N–H and O–H groups in total. The Bertz CT molecular complexity index is 1200. The SMILES string of the molecule is COCC(=O)N1CCCCCCCN(C2CCN(Cc3ccccc3)CC2)Cc2cc(-c3ccncc3)ccc21. The van der Waals surface area contributed by atoms with Gasteiger partial charge in [0.1, 0.15) is 6.61 Å². The number of piperidine rings is 1. The van der Waals surface area contributed by atoms with Crippen LogP contribution >= 0.6 is 0 Å². The summed E-state index contributed by atoms with van der Waals surface area (Å²) in [5.74, 6) is 0.0400. The van der Waals surface area contributed by atoms with Crippen molar-refractivity contribution in [2.24, 2.45) is 0 Å². The molecule has 1 saturated heterocycles. The number of hydrogen-bond acceptors (Lipinski definition) is 5. The van der Waals surface area contributed by atoms with Gasteiger partial charge in [0.25, 0.3) is 5.91 Å². The predicted molar refractivity (Wildman–Crippen MR) is 162 cm³/mol. The van der Waals surface area contributed by atoms with E-state index < -0.39 is 0 Å². The smallest absolute Gasteiger partial charge is 0.252 e. The average molecular weight is 541 g/mol. The third-order valence-electron chi connectivity index (χ3n) is 8.48. The molecule has 0 radical (unpaired) electrons. The van der Waals surface area contributed by atoms with E-state index in [-0.39, 0.29) is 12.5 Å². The number of likely N-dealkylation sites (tertiary alicyclic amines) is 1. The summed E-state index contributed by atoms with van der Waals surface area (Å²) in [6.07, 6.45) is 11.9. The zero-order chi connectivity index (χ0) is 27.6. The van der Waals surface area contributed by atoms with Gasteiger partial charge in [0.15, 0.2) is 0 Å². The van der Waals surface area contributed by atoms with Crippen molar-refractivity contribution in [1.82, 2.24) is 14.8 Å². The third-order valence-corrected chi connectivity index (χ3v) is 8.48. The lowest BCUT2D eigenvalue weighted by Crippen LogP contribution is -2.45. The molecule has 0 atom stereocenters. The Balaban J connectivity index is 1.41. The number of carbonyl (C=O) groups is 1. The molecular formula is C34H44N4O2. The standard InChI is InChI=1S/C34H44N4O2/c1-40-27-34(39)38-21-9-4-2-3-8-20-37(32-16-22-36(23-17-32)25-28-10-6-5-7-11-28)26-31-24-30(12-13-33(31)38)29-14-18-35-19-15-29/h5-7,10-15,18-19,24,32H,2-4,8-9,16-17,20-23,25-27H2,1H3. The van der Waals surface area contributed by atoms with E-state index >= 15 is 0 Å². The summed E-state index contributed by atoms with van der Waals surface area (Å²) in [7, 11) is 1.60. The molecule has 3 aromatic rings. The Morgan fingerprint density at radius 3 is 2.33 bits per heavy atom. The zero-order valence-corrected chi connectivity index (χ0v) is 24.0. The Morgan fingerprint density at radius 2 is 1.57 bits per heavy atom. The fraction of sp³-hybridized carbons (Fsp3) is 0.471. The van der Waals surface area contributed by atoms with Crippen LogP contribution in [0.2, 0.25) is 0 Å². The van der Waals surface area contributed by atoms with Crippen LogP contribution in [0.4, 0.5) is 5.69 Å². The first kappa shape index (κ1) is 28.5. The second-order valence-corrected chi connectivity index (χ2v) is 11.3. The Hall–Kier alpha value is -3.06. The van der Waals surface area contributed by atoms with Crippen LogP contribution in [0.5, 0.6) is 0 Å². The van der Waals surface area contributed by atoms with E-state index in [9.17, 15) is 4.79 Å². The number of methoxy groups -OCH3 is 1. The molecule has 212 valence electrons. The van der Waals surface area contributed by atoms with Crippen molar-refractivity contribution in [2.45, 2.75) is 64.1 Å². The highest BCUT2D eigenvalue weighted by Gasteiger charge is 2.27. The summed E-state index contributed by atoms with van der Waals surface area (Å²) in [5.41, 5.74) is 5.98. The van der Waals surface area contributed by atoms with Gasteiger partial charge in [-0.25, -0.2) is 0 Å². The lowest BCUT2D eigenvalue weighted by atomic mass is 9.97. The number of amides is 1. The maximum atomic E-state index is 13.3. The molecule has 0 spiro atoms. The van der Waals surface area contributed by atoms with Gasteiger partial charge < -0.3 is 9.64 Å². The minimum atomic E-state index is 0.0400. The number of carbonyl (C=O) groups excluding carboxylic acids is 1. The van der Waals surface area contributed by atoms with Gasteiger partial charge in [-0.2, -0.15) is 0 Å². The number of ether oxygens (including phenoxy) is 1. The topological polar surface area (TPSA) is 48.9 Å². The van der Waals surface area contributed by atoms with Crippen LogP contribution in [0.1, 0.15) is 56.1 Å². The number of pyridine rings is 1. The summed E-state index contributed by atoms with van der Waals surface area (Å²) < 4.78 is 5.29. The third kappa shape index (κ3) is 7.57. The van der Waals surface area contributed by atoms with Crippen molar-refractivity contribution < 1.29 is 9.53 Å². The summed E-state index contributed by atoms with van der Waals surface area (Å²) in [6.45, 7) is 6.08. The fourth-order valence-electron chi connectivity index (χ4n) is 6.29. The maximum absolute atomic E-state index is 13.3. The van der Waals surface area contributed by atoms with Crippen LogP contribution in [0.3, 0.4) is 0 Å². The zero-order valence-electron chi connectivity index (χ0n) is 24.0. The monoisotopic (exact) mass is 540 g/mol. The lowest BCUT2D eigenvalue weighted by Gasteiger charge is -2.39. The molecule has 0 aliphatic carbocycles. The minimum Gasteiger partial charge on any atom is -0.375 e. The molecule has 0 saturated carbocycles. The number of fused-ring (bicyclic) bond motifs is 1. The van der Waals surface area contributed by atoms with Crippen molar-refractivity contribution >= 4 is 11.6 Å². The number of anilines is 1. The normalized spacial score (nSPS) is 18.5. The van der Waals surface area contributed by atoms with Crippen molar-refractivity contribution in [1.29, 1.82) is 0 Å². The van der Waals surface area contributed by atoms with Crippen molar-refractivity contribution in [2.75, 3.05) is 44.8 Å². The molecule has 1 aromatic heterocycles. The number of rotatable bonds is 6. The quantitative estimate of drug-likeness (QED) is 0.375. The van der Waals surface area contributed by atoms with Crippen LogP contribution < -0.4 is 4.90 Å². The molecule has 3 heterocycles. The van der Waals surface area contributed by atoms with Crippen LogP contribution in [0.15, 0.2) is 73.1 Å². The molecule has 0 bridgehead atoms. The molecule has 2 aromatic carbocycles.